The third-order valence-electron chi connectivity index (χ3n) is 4.77. The van der Waals surface area contributed by atoms with Crippen molar-refractivity contribution in [2.24, 2.45) is 0 Å². The Bertz CT molecular complexity index is 306. The van der Waals surface area contributed by atoms with Crippen LogP contribution in [0.25, 0.3) is 0 Å². The van der Waals surface area contributed by atoms with Crippen LogP contribution in [0.5, 0.6) is 0 Å². The van der Waals surface area contributed by atoms with Gasteiger partial charge in [-0.05, 0) is 0 Å². The van der Waals surface area contributed by atoms with Gasteiger partial charge in [0.1, 0.15) is 0 Å². The molecule has 0 saturated heterocycles. The number of hydrogen-bond donors (Lipinski definition) is 0. The van der Waals surface area contributed by atoms with E-state index in [4.69, 9.17) is 0 Å². The Morgan fingerprint density at radius 3 is 2.00 bits per heavy atom. The maximum atomic E-state index is 2.55. The molecular weight excluding hydrogens is 305 g/mol. The first-order chi connectivity index (χ1) is 6.22. The van der Waals surface area contributed by atoms with E-state index in [1.165, 1.54) is 12.6 Å². The molecule has 0 amide bonds. The summed E-state index contributed by atoms with van der Waals surface area (Å²) in [7, 11) is 2.41. The van der Waals surface area contributed by atoms with E-state index in [0.717, 1.165) is 0 Å². The molecule has 98 valence electrons. The summed E-state index contributed by atoms with van der Waals surface area (Å²) in [5.74, 6) is 0. The molecule has 5 heteroatoms. The molecule has 0 spiro atoms. The molecule has 0 aromatic carbocycles. The normalized spacial score (nSPS) is 16.8. The molecule has 0 unspecified atom stereocenters. The van der Waals surface area contributed by atoms with Gasteiger partial charge in [0.2, 0.25) is 0 Å². The molecule has 0 atom stereocenters. The fourth-order valence-corrected chi connectivity index (χ4v) is 5.55. The molecule has 1 aliphatic rings. The average molecular weight is 329 g/mol. The fraction of sp³-hybridized carbons (Fsp3) is 0.667. The Labute approximate surface area is 136 Å². The summed E-state index contributed by atoms with van der Waals surface area (Å²) in [6.45, 7) is 10.6. The molecule has 0 aliphatic heterocycles. The average Bonchev–Trinajstić information content (AvgIpc) is 2.55. The zero-order chi connectivity index (χ0) is 11.1. The van der Waals surface area contributed by atoms with Crippen LogP contribution in [-0.2, 0) is 21.7 Å². The topological polar surface area (TPSA) is 0 Å². The smallest absolute Gasteiger partial charge is 1.00 e. The van der Waals surface area contributed by atoms with Crippen LogP contribution in [0.4, 0.5) is 0 Å². The Balaban J connectivity index is -0.000000653. The van der Waals surface area contributed by atoms with Gasteiger partial charge in [0, 0.05) is 0 Å². The predicted octanol–water partition coefficient (Wildman–Crippen LogP) is -2.96. The van der Waals surface area contributed by atoms with E-state index in [2.05, 4.69) is 60.2 Å². The second-order valence-corrected chi connectivity index (χ2v) is 13.5. The minimum absolute atomic E-state index is 0. The maximum Gasteiger partial charge on any atom is 2.00 e. The molecule has 0 radical (unpaired) electrons. The predicted molar refractivity (Wildman–Crippen MR) is 73.8 cm³/mol. The summed E-state index contributed by atoms with van der Waals surface area (Å²) >= 11 is 0. The van der Waals surface area contributed by atoms with Gasteiger partial charge in [-0.3, -0.25) is 0 Å². The summed E-state index contributed by atoms with van der Waals surface area (Å²) in [4.78, 5) is 0. The van der Waals surface area contributed by atoms with Crippen molar-refractivity contribution in [3.05, 3.63) is 23.5 Å². The van der Waals surface area contributed by atoms with Crippen LogP contribution in [0.3, 0.4) is 0 Å². The van der Waals surface area contributed by atoms with Crippen molar-refractivity contribution < 1.29 is 46.5 Å². The molecule has 17 heavy (non-hydrogen) atoms. The monoisotopic (exact) mass is 328 g/mol. The largest absolute Gasteiger partial charge is 2.00 e. The van der Waals surface area contributed by atoms with E-state index in [-0.39, 0.29) is 46.5 Å². The summed E-state index contributed by atoms with van der Waals surface area (Å²) in [6.07, 6.45) is 9.40. The standard InChI is InChI=1S/C12H24BP.2ClH.Ti/c1-6-14(4,5,12(2,3)13)11-9-7-8-10-11;;;/h7-9H,6,10,13H2,1-5H3;2*1H;/q;;;+2/p-2. The summed E-state index contributed by atoms with van der Waals surface area (Å²) in [5, 5.41) is 2.14. The maximum absolute atomic E-state index is 2.55. The molecular formula is C12H24BCl2PTi. The zero-order valence-electron chi connectivity index (χ0n) is 11.8. The Hall–Kier alpha value is 1.27. The van der Waals surface area contributed by atoms with Crippen molar-refractivity contribution in [2.75, 3.05) is 19.5 Å². The second kappa shape index (κ2) is 7.16. The minimum atomic E-state index is -1.67. The molecule has 0 aromatic heterocycles. The van der Waals surface area contributed by atoms with Gasteiger partial charge in [0.05, 0.1) is 0 Å². The summed E-state index contributed by atoms with van der Waals surface area (Å²) < 4.78 is 0. The van der Waals surface area contributed by atoms with Gasteiger partial charge in [-0.1, -0.05) is 0 Å². The quantitative estimate of drug-likeness (QED) is 0.384. The molecule has 0 saturated carbocycles. The van der Waals surface area contributed by atoms with Gasteiger partial charge in [0.15, 0.2) is 0 Å². The van der Waals surface area contributed by atoms with E-state index >= 15 is 0 Å². The van der Waals surface area contributed by atoms with Crippen molar-refractivity contribution in [1.29, 1.82) is 0 Å². The van der Waals surface area contributed by atoms with Crippen molar-refractivity contribution in [2.45, 2.75) is 32.2 Å². The number of rotatable bonds is 3. The third-order valence-corrected chi connectivity index (χ3v) is 13.1. The van der Waals surface area contributed by atoms with E-state index in [1.54, 1.807) is 5.31 Å². The first-order valence-corrected chi connectivity index (χ1v) is 8.90. The number of halogens is 2. The van der Waals surface area contributed by atoms with Crippen molar-refractivity contribution in [3.63, 3.8) is 0 Å². The van der Waals surface area contributed by atoms with Gasteiger partial charge in [-0.15, -0.1) is 0 Å². The van der Waals surface area contributed by atoms with Crippen molar-refractivity contribution in [1.82, 2.24) is 0 Å². The molecule has 1 aliphatic carbocycles. The van der Waals surface area contributed by atoms with Crippen molar-refractivity contribution in [3.8, 4) is 0 Å². The molecule has 0 nitrogen and oxygen atoms in total. The molecule has 0 N–H and O–H groups in total. The molecule has 1 rings (SSSR count). The molecule has 0 heterocycles. The third kappa shape index (κ3) is 3.87. The van der Waals surface area contributed by atoms with Gasteiger partial charge in [0.25, 0.3) is 0 Å². The van der Waals surface area contributed by atoms with Gasteiger partial charge in [-0.25, -0.2) is 0 Å². The van der Waals surface area contributed by atoms with Crippen LogP contribution in [0, 0.1) is 0 Å². The summed E-state index contributed by atoms with van der Waals surface area (Å²) in [6, 6.07) is 0. The SMILES string of the molecule is BC(C)(C)P(C)(C)(CC)C1=CC=CC1.[Cl-].[Cl-].[Ti+2]. The van der Waals surface area contributed by atoms with Crippen LogP contribution < -0.4 is 24.8 Å². The van der Waals surface area contributed by atoms with Gasteiger partial charge < -0.3 is 24.8 Å². The second-order valence-electron chi connectivity index (χ2n) is 6.18. The molecule has 0 bridgehead atoms. The molecule has 0 aromatic rings. The fourth-order valence-electron chi connectivity index (χ4n) is 2.08. The van der Waals surface area contributed by atoms with Crippen molar-refractivity contribution >= 4 is 14.4 Å². The van der Waals surface area contributed by atoms with Gasteiger partial charge >= 0.3 is 111 Å². The number of allylic oxidation sites excluding steroid dienone is 4. The first-order valence-electron chi connectivity index (χ1n) is 5.58. The van der Waals surface area contributed by atoms with E-state index < -0.39 is 6.60 Å². The zero-order valence-corrected chi connectivity index (χ0v) is 15.8. The van der Waals surface area contributed by atoms with Crippen LogP contribution >= 0.6 is 6.60 Å². The van der Waals surface area contributed by atoms with E-state index in [1.807, 2.05) is 0 Å². The van der Waals surface area contributed by atoms with Crippen LogP contribution in [0.2, 0.25) is 0 Å². The minimum Gasteiger partial charge on any atom is -1.00 e. The summed E-state index contributed by atoms with van der Waals surface area (Å²) in [5.41, 5.74) is 0. The van der Waals surface area contributed by atoms with Crippen LogP contribution in [0.1, 0.15) is 27.2 Å². The van der Waals surface area contributed by atoms with E-state index in [0.29, 0.717) is 5.06 Å². The Morgan fingerprint density at radius 2 is 1.76 bits per heavy atom. The Morgan fingerprint density at radius 1 is 1.29 bits per heavy atom. The number of hydrogen-bond acceptors (Lipinski definition) is 0. The van der Waals surface area contributed by atoms with Crippen LogP contribution in [-0.4, -0.2) is 32.4 Å². The first kappa shape index (κ1) is 23.4. The van der Waals surface area contributed by atoms with E-state index in [9.17, 15) is 0 Å². The Kier molecular flexibility index (Phi) is 9.84. The van der Waals surface area contributed by atoms with Gasteiger partial charge in [-0.2, -0.15) is 0 Å². The van der Waals surface area contributed by atoms with Crippen LogP contribution in [0.15, 0.2) is 23.5 Å². The molecule has 0 fully saturated rings.